The Hall–Kier alpha value is -0.250. The normalized spacial score (nSPS) is 11.9. The fraction of sp³-hybridized carbons (Fsp3) is 0.700. The number of methoxy groups -OCH3 is 1. The van der Waals surface area contributed by atoms with Gasteiger partial charge < -0.3 is 9.47 Å². The van der Waals surface area contributed by atoms with Crippen molar-refractivity contribution < 1.29 is 17.9 Å². The number of aromatic nitrogens is 1. The summed E-state index contributed by atoms with van der Waals surface area (Å²) in [6, 6.07) is 0. The fourth-order valence-corrected chi connectivity index (χ4v) is 3.63. The van der Waals surface area contributed by atoms with Crippen LogP contribution in [0.4, 0.5) is 0 Å². The van der Waals surface area contributed by atoms with E-state index in [1.807, 2.05) is 0 Å². The third kappa shape index (κ3) is 6.64. The maximum atomic E-state index is 11.8. The summed E-state index contributed by atoms with van der Waals surface area (Å²) in [7, 11) is -1.87. The third-order valence-electron chi connectivity index (χ3n) is 2.16. The van der Waals surface area contributed by atoms with Gasteiger partial charge in [-0.15, -0.1) is 0 Å². The van der Waals surface area contributed by atoms with Crippen molar-refractivity contribution in [2.45, 2.75) is 17.1 Å². The molecule has 1 rings (SSSR count). The fourth-order valence-electron chi connectivity index (χ4n) is 1.21. The molecule has 0 aliphatic carbocycles. The van der Waals surface area contributed by atoms with Crippen molar-refractivity contribution in [3.05, 3.63) is 10.7 Å². The van der Waals surface area contributed by atoms with Gasteiger partial charge in [-0.05, 0) is 12.8 Å². The van der Waals surface area contributed by atoms with E-state index in [1.54, 1.807) is 7.11 Å². The Kier molecular flexibility index (Phi) is 7.81. The Balaban J connectivity index is 2.15. The lowest BCUT2D eigenvalue weighted by Crippen LogP contribution is -2.24. The Bertz CT molecular complexity index is 464. The average molecular weight is 329 g/mol. The van der Waals surface area contributed by atoms with E-state index in [0.717, 1.165) is 17.8 Å². The monoisotopic (exact) mass is 328 g/mol. The van der Waals surface area contributed by atoms with Crippen LogP contribution in [0.1, 0.15) is 12.8 Å². The summed E-state index contributed by atoms with van der Waals surface area (Å²) >= 11 is 6.54. The number of unbranched alkanes of at least 4 members (excludes halogenated alkanes) is 1. The topological polar surface area (TPSA) is 77.5 Å². The molecule has 19 heavy (non-hydrogen) atoms. The molecule has 9 heteroatoms. The highest BCUT2D eigenvalue weighted by atomic mass is 35.5. The maximum Gasteiger partial charge on any atom is 0.251 e. The first kappa shape index (κ1) is 16.8. The number of thiazole rings is 1. The van der Waals surface area contributed by atoms with Crippen LogP contribution < -0.4 is 4.72 Å². The molecule has 0 atom stereocenters. The van der Waals surface area contributed by atoms with Gasteiger partial charge in [-0.2, -0.15) is 0 Å². The lowest BCUT2D eigenvalue weighted by Gasteiger charge is -2.05. The van der Waals surface area contributed by atoms with Crippen LogP contribution in [-0.4, -0.2) is 46.9 Å². The zero-order chi connectivity index (χ0) is 14.1. The first-order valence-corrected chi connectivity index (χ1v) is 8.41. The number of halogens is 1. The van der Waals surface area contributed by atoms with Crippen LogP contribution in [0.5, 0.6) is 0 Å². The molecule has 0 amide bonds. The molecule has 0 spiro atoms. The molecule has 110 valence electrons. The molecule has 0 aliphatic heterocycles. The predicted molar refractivity (Wildman–Crippen MR) is 74.2 cm³/mol. The summed E-state index contributed by atoms with van der Waals surface area (Å²) in [4.78, 5) is 3.70. The van der Waals surface area contributed by atoms with Gasteiger partial charge in [-0.3, -0.25) is 0 Å². The highest BCUT2D eigenvalue weighted by Crippen LogP contribution is 2.21. The van der Waals surface area contributed by atoms with E-state index in [-0.39, 0.29) is 8.68 Å². The number of rotatable bonds is 10. The summed E-state index contributed by atoms with van der Waals surface area (Å²) in [6.45, 7) is 2.09. The van der Waals surface area contributed by atoms with E-state index in [2.05, 4.69) is 9.71 Å². The summed E-state index contributed by atoms with van der Waals surface area (Å²) in [5.41, 5.74) is 0. The Labute approximate surface area is 122 Å². The molecule has 6 nitrogen and oxygen atoms in total. The van der Waals surface area contributed by atoms with Gasteiger partial charge in [0.25, 0.3) is 10.0 Å². The number of nitrogens with one attached hydrogen (secondary N) is 1. The third-order valence-corrected chi connectivity index (χ3v) is 5.20. The highest BCUT2D eigenvalue weighted by Gasteiger charge is 2.16. The van der Waals surface area contributed by atoms with Crippen molar-refractivity contribution in [2.75, 3.05) is 33.5 Å². The lowest BCUT2D eigenvalue weighted by atomic mass is 10.3. The highest BCUT2D eigenvalue weighted by molar-refractivity contribution is 7.91. The van der Waals surface area contributed by atoms with Gasteiger partial charge in [0.2, 0.25) is 0 Å². The molecular formula is C10H17ClN2O4S2. The zero-order valence-electron chi connectivity index (χ0n) is 10.6. The minimum absolute atomic E-state index is 0.133. The minimum atomic E-state index is -3.48. The van der Waals surface area contributed by atoms with Crippen molar-refractivity contribution in [1.29, 1.82) is 0 Å². The van der Waals surface area contributed by atoms with Crippen molar-refractivity contribution in [3.8, 4) is 0 Å². The van der Waals surface area contributed by atoms with Crippen LogP contribution in [0.3, 0.4) is 0 Å². The first-order valence-electron chi connectivity index (χ1n) is 5.74. The molecule has 0 bridgehead atoms. The standard InChI is InChI=1S/C10H17ClN2O4S2/c1-16-6-7-17-5-3-2-4-13-19(14,15)9-8-12-10(11)18-9/h8,13H,2-7H2,1H3. The molecule has 1 aromatic rings. The maximum absolute atomic E-state index is 11.8. The van der Waals surface area contributed by atoms with E-state index in [1.165, 1.54) is 6.20 Å². The number of nitrogens with zero attached hydrogens (tertiary/aromatic N) is 1. The first-order chi connectivity index (χ1) is 9.06. The van der Waals surface area contributed by atoms with E-state index < -0.39 is 10.0 Å². The number of hydrogen-bond donors (Lipinski definition) is 1. The van der Waals surface area contributed by atoms with Gasteiger partial charge in [0.05, 0.1) is 19.4 Å². The Morgan fingerprint density at radius 3 is 2.79 bits per heavy atom. The van der Waals surface area contributed by atoms with Gasteiger partial charge in [0.1, 0.15) is 0 Å². The molecule has 0 saturated carbocycles. The molecule has 0 aliphatic rings. The molecule has 0 unspecified atom stereocenters. The van der Waals surface area contributed by atoms with Gasteiger partial charge in [-0.25, -0.2) is 18.1 Å². The predicted octanol–water partition coefficient (Wildman–Crippen LogP) is 1.52. The summed E-state index contributed by atoms with van der Waals surface area (Å²) < 4.78 is 36.5. The molecule has 0 saturated heterocycles. The van der Waals surface area contributed by atoms with E-state index in [4.69, 9.17) is 21.1 Å². The number of ether oxygens (including phenoxy) is 2. The zero-order valence-corrected chi connectivity index (χ0v) is 13.0. The van der Waals surface area contributed by atoms with Gasteiger partial charge in [0.15, 0.2) is 8.68 Å². The van der Waals surface area contributed by atoms with Crippen molar-refractivity contribution in [1.82, 2.24) is 9.71 Å². The van der Waals surface area contributed by atoms with Crippen LogP contribution in [0.25, 0.3) is 0 Å². The Morgan fingerprint density at radius 2 is 2.16 bits per heavy atom. The van der Waals surface area contributed by atoms with E-state index in [0.29, 0.717) is 32.8 Å². The average Bonchev–Trinajstić information content (AvgIpc) is 2.80. The van der Waals surface area contributed by atoms with Crippen LogP contribution in [0.15, 0.2) is 10.4 Å². The largest absolute Gasteiger partial charge is 0.382 e. The lowest BCUT2D eigenvalue weighted by molar-refractivity contribution is 0.0689. The minimum Gasteiger partial charge on any atom is -0.382 e. The second-order valence-electron chi connectivity index (χ2n) is 3.64. The van der Waals surface area contributed by atoms with Crippen LogP contribution >= 0.6 is 22.9 Å². The summed E-state index contributed by atoms with van der Waals surface area (Å²) in [5, 5.41) is 0. The van der Waals surface area contributed by atoms with Crippen LogP contribution in [0, 0.1) is 0 Å². The smallest absolute Gasteiger partial charge is 0.251 e. The molecule has 0 radical (unpaired) electrons. The van der Waals surface area contributed by atoms with Gasteiger partial charge >= 0.3 is 0 Å². The Morgan fingerprint density at radius 1 is 1.37 bits per heavy atom. The molecule has 0 fully saturated rings. The van der Waals surface area contributed by atoms with Crippen molar-refractivity contribution in [3.63, 3.8) is 0 Å². The van der Waals surface area contributed by atoms with Crippen LogP contribution in [0.2, 0.25) is 4.47 Å². The summed E-state index contributed by atoms with van der Waals surface area (Å²) in [5.74, 6) is 0. The molecule has 1 heterocycles. The van der Waals surface area contributed by atoms with Gasteiger partial charge in [-0.1, -0.05) is 22.9 Å². The van der Waals surface area contributed by atoms with Crippen molar-refractivity contribution in [2.24, 2.45) is 0 Å². The van der Waals surface area contributed by atoms with E-state index >= 15 is 0 Å². The molecule has 1 N–H and O–H groups in total. The summed E-state index contributed by atoms with van der Waals surface area (Å²) in [6.07, 6.45) is 2.75. The number of hydrogen-bond acceptors (Lipinski definition) is 6. The second-order valence-corrected chi connectivity index (χ2v) is 7.25. The molecule has 1 aromatic heterocycles. The van der Waals surface area contributed by atoms with E-state index in [9.17, 15) is 8.42 Å². The SMILES string of the molecule is COCCOCCCCNS(=O)(=O)c1cnc(Cl)s1. The molecular weight excluding hydrogens is 312 g/mol. The van der Waals surface area contributed by atoms with Gasteiger partial charge in [0, 0.05) is 20.3 Å². The molecule has 0 aromatic carbocycles. The van der Waals surface area contributed by atoms with Crippen LogP contribution in [-0.2, 0) is 19.5 Å². The number of sulfonamides is 1. The van der Waals surface area contributed by atoms with Crippen molar-refractivity contribution >= 4 is 33.0 Å². The quantitative estimate of drug-likeness (QED) is 0.659. The second kappa shape index (κ2) is 8.83.